The predicted octanol–water partition coefficient (Wildman–Crippen LogP) is 1.09. The van der Waals surface area contributed by atoms with Crippen LogP contribution >= 0.6 is 0 Å². The first-order valence-electron chi connectivity index (χ1n) is 6.13. The van der Waals surface area contributed by atoms with E-state index in [1.54, 1.807) is 12.3 Å². The smallest absolute Gasteiger partial charge is 0.339 e. The molecule has 0 N–H and O–H groups in total. The molecule has 5 heteroatoms. The molecule has 1 aliphatic heterocycles. The highest BCUT2D eigenvalue weighted by Crippen LogP contribution is 2.07. The number of esters is 1. The van der Waals surface area contributed by atoms with E-state index < -0.39 is 0 Å². The van der Waals surface area contributed by atoms with E-state index >= 15 is 0 Å². The summed E-state index contributed by atoms with van der Waals surface area (Å²) in [7, 11) is 1.37. The predicted molar refractivity (Wildman–Crippen MR) is 66.3 cm³/mol. The summed E-state index contributed by atoms with van der Waals surface area (Å²) in [5.41, 5.74) is 1.45. The van der Waals surface area contributed by atoms with Crippen LogP contribution in [0.2, 0.25) is 0 Å². The van der Waals surface area contributed by atoms with Crippen LogP contribution in [0.25, 0.3) is 0 Å². The third-order valence-corrected chi connectivity index (χ3v) is 2.95. The summed E-state index contributed by atoms with van der Waals surface area (Å²) in [6, 6.07) is 3.63. The van der Waals surface area contributed by atoms with Gasteiger partial charge < -0.3 is 9.47 Å². The minimum absolute atomic E-state index is 0.350. The Morgan fingerprint density at radius 1 is 1.44 bits per heavy atom. The largest absolute Gasteiger partial charge is 0.465 e. The van der Waals surface area contributed by atoms with Crippen molar-refractivity contribution in [3.63, 3.8) is 0 Å². The van der Waals surface area contributed by atoms with Crippen molar-refractivity contribution in [1.29, 1.82) is 0 Å². The fourth-order valence-electron chi connectivity index (χ4n) is 1.94. The maximum Gasteiger partial charge on any atom is 0.339 e. The first kappa shape index (κ1) is 13.0. The van der Waals surface area contributed by atoms with Crippen LogP contribution in [0, 0.1) is 0 Å². The van der Waals surface area contributed by atoms with Gasteiger partial charge in [0.25, 0.3) is 0 Å². The monoisotopic (exact) mass is 250 g/mol. The number of carbonyl (C=O) groups is 1. The number of hydrogen-bond acceptors (Lipinski definition) is 5. The number of ether oxygens (including phenoxy) is 2. The van der Waals surface area contributed by atoms with E-state index in [-0.39, 0.29) is 5.97 Å². The highest BCUT2D eigenvalue weighted by Gasteiger charge is 2.11. The first-order chi connectivity index (χ1) is 8.79. The van der Waals surface area contributed by atoms with Gasteiger partial charge in [0, 0.05) is 32.4 Å². The SMILES string of the molecule is COC(=O)c1ccc(CN2CCCOCC2)nc1. The second-order valence-corrected chi connectivity index (χ2v) is 4.27. The van der Waals surface area contributed by atoms with Crippen molar-refractivity contribution in [3.05, 3.63) is 29.6 Å². The molecule has 0 unspecified atom stereocenters. The van der Waals surface area contributed by atoms with E-state index in [1.165, 1.54) is 7.11 Å². The van der Waals surface area contributed by atoms with Crippen molar-refractivity contribution in [3.8, 4) is 0 Å². The lowest BCUT2D eigenvalue weighted by Crippen LogP contribution is -2.26. The van der Waals surface area contributed by atoms with E-state index in [1.807, 2.05) is 6.07 Å². The maximum absolute atomic E-state index is 11.3. The maximum atomic E-state index is 11.3. The molecule has 1 fully saturated rings. The molecule has 0 aliphatic carbocycles. The van der Waals surface area contributed by atoms with Crippen LogP contribution in [0.5, 0.6) is 0 Å². The first-order valence-corrected chi connectivity index (χ1v) is 6.13. The number of carbonyl (C=O) groups excluding carboxylic acids is 1. The zero-order chi connectivity index (χ0) is 12.8. The quantitative estimate of drug-likeness (QED) is 0.752. The van der Waals surface area contributed by atoms with Gasteiger partial charge in [-0.25, -0.2) is 4.79 Å². The molecule has 1 saturated heterocycles. The van der Waals surface area contributed by atoms with E-state index in [0.717, 1.165) is 45.0 Å². The molecular formula is C13H18N2O3. The molecule has 5 nitrogen and oxygen atoms in total. The molecule has 1 aromatic heterocycles. The Bertz CT molecular complexity index is 384. The van der Waals surface area contributed by atoms with Crippen molar-refractivity contribution < 1.29 is 14.3 Å². The number of methoxy groups -OCH3 is 1. The molecule has 0 saturated carbocycles. The summed E-state index contributed by atoms with van der Waals surface area (Å²) in [4.78, 5) is 17.9. The summed E-state index contributed by atoms with van der Waals surface area (Å²) >= 11 is 0. The molecule has 0 spiro atoms. The number of rotatable bonds is 3. The van der Waals surface area contributed by atoms with Crippen LogP contribution in [0.15, 0.2) is 18.3 Å². The third kappa shape index (κ3) is 3.51. The highest BCUT2D eigenvalue weighted by atomic mass is 16.5. The molecular weight excluding hydrogens is 232 g/mol. The minimum atomic E-state index is -0.350. The van der Waals surface area contributed by atoms with Gasteiger partial charge in [0.05, 0.1) is 25.0 Å². The molecule has 0 amide bonds. The molecule has 1 aliphatic rings. The third-order valence-electron chi connectivity index (χ3n) is 2.95. The zero-order valence-corrected chi connectivity index (χ0v) is 10.6. The Balaban J connectivity index is 1.94. The molecule has 98 valence electrons. The Kier molecular flexibility index (Phi) is 4.66. The average Bonchev–Trinajstić information content (AvgIpc) is 2.67. The lowest BCUT2D eigenvalue weighted by atomic mass is 10.2. The van der Waals surface area contributed by atoms with Crippen LogP contribution < -0.4 is 0 Å². The van der Waals surface area contributed by atoms with Crippen molar-refractivity contribution in [1.82, 2.24) is 9.88 Å². The molecule has 0 aromatic carbocycles. The lowest BCUT2D eigenvalue weighted by molar-refractivity contribution is 0.0600. The molecule has 18 heavy (non-hydrogen) atoms. The van der Waals surface area contributed by atoms with Gasteiger partial charge in [-0.05, 0) is 18.6 Å². The topological polar surface area (TPSA) is 51.7 Å². The second kappa shape index (κ2) is 6.47. The van der Waals surface area contributed by atoms with E-state index in [0.29, 0.717) is 5.56 Å². The number of hydrogen-bond donors (Lipinski definition) is 0. The van der Waals surface area contributed by atoms with Gasteiger partial charge in [0.15, 0.2) is 0 Å². The van der Waals surface area contributed by atoms with Gasteiger partial charge in [-0.1, -0.05) is 0 Å². The van der Waals surface area contributed by atoms with Gasteiger partial charge in [0.1, 0.15) is 0 Å². The number of pyridine rings is 1. The number of aromatic nitrogens is 1. The lowest BCUT2D eigenvalue weighted by Gasteiger charge is -2.18. The number of nitrogens with zero attached hydrogens (tertiary/aromatic N) is 2. The minimum Gasteiger partial charge on any atom is -0.465 e. The van der Waals surface area contributed by atoms with Gasteiger partial charge >= 0.3 is 5.97 Å². The summed E-state index contributed by atoms with van der Waals surface area (Å²) < 4.78 is 10.0. The van der Waals surface area contributed by atoms with E-state index in [4.69, 9.17) is 4.74 Å². The van der Waals surface area contributed by atoms with Crippen molar-refractivity contribution in [2.75, 3.05) is 33.4 Å². The van der Waals surface area contributed by atoms with E-state index in [2.05, 4.69) is 14.6 Å². The Morgan fingerprint density at radius 3 is 3.06 bits per heavy atom. The normalized spacial score (nSPS) is 17.2. The molecule has 2 rings (SSSR count). The van der Waals surface area contributed by atoms with Gasteiger partial charge in [-0.3, -0.25) is 9.88 Å². The van der Waals surface area contributed by atoms with Gasteiger partial charge in [-0.2, -0.15) is 0 Å². The summed E-state index contributed by atoms with van der Waals surface area (Å²) in [5.74, 6) is -0.350. The van der Waals surface area contributed by atoms with Crippen LogP contribution in [0.4, 0.5) is 0 Å². The molecule has 0 atom stereocenters. The second-order valence-electron chi connectivity index (χ2n) is 4.27. The Labute approximate surface area is 107 Å². The Hall–Kier alpha value is -1.46. The molecule has 2 heterocycles. The fraction of sp³-hybridized carbons (Fsp3) is 0.538. The molecule has 0 radical (unpaired) electrons. The van der Waals surface area contributed by atoms with Crippen LogP contribution in [-0.4, -0.2) is 49.3 Å². The molecule has 0 bridgehead atoms. The summed E-state index contributed by atoms with van der Waals surface area (Å²) in [6.07, 6.45) is 2.62. The Morgan fingerprint density at radius 2 is 2.33 bits per heavy atom. The zero-order valence-electron chi connectivity index (χ0n) is 10.6. The summed E-state index contributed by atoms with van der Waals surface area (Å²) in [6.45, 7) is 4.37. The van der Waals surface area contributed by atoms with Crippen LogP contribution in [0.1, 0.15) is 22.5 Å². The van der Waals surface area contributed by atoms with Crippen LogP contribution in [-0.2, 0) is 16.0 Å². The standard InChI is InChI=1S/C13H18N2O3/c1-17-13(16)11-3-4-12(14-9-11)10-15-5-2-7-18-8-6-15/h3-4,9H,2,5-8,10H2,1H3. The van der Waals surface area contributed by atoms with E-state index in [9.17, 15) is 4.79 Å². The van der Waals surface area contributed by atoms with Gasteiger partial charge in [0.2, 0.25) is 0 Å². The highest BCUT2D eigenvalue weighted by molar-refractivity contribution is 5.88. The fourth-order valence-corrected chi connectivity index (χ4v) is 1.94. The van der Waals surface area contributed by atoms with Crippen molar-refractivity contribution in [2.24, 2.45) is 0 Å². The van der Waals surface area contributed by atoms with Crippen molar-refractivity contribution in [2.45, 2.75) is 13.0 Å². The van der Waals surface area contributed by atoms with Gasteiger partial charge in [-0.15, -0.1) is 0 Å². The van der Waals surface area contributed by atoms with Crippen molar-refractivity contribution >= 4 is 5.97 Å². The van der Waals surface area contributed by atoms with Crippen LogP contribution in [0.3, 0.4) is 0 Å². The summed E-state index contributed by atoms with van der Waals surface area (Å²) in [5, 5.41) is 0. The average molecular weight is 250 g/mol. The molecule has 1 aromatic rings.